The number of benzene rings is 3. The molecule has 0 spiro atoms. The molecule has 0 fully saturated rings. The number of carbonyl (C=O) groups excluding carboxylic acids is 1. The Balaban J connectivity index is 1.40. The average Bonchev–Trinajstić information content (AvgIpc) is 3.26. The summed E-state index contributed by atoms with van der Waals surface area (Å²) in [5, 5.41) is 7.26. The van der Waals surface area contributed by atoms with Gasteiger partial charge in [-0.2, -0.15) is 0 Å². The molecule has 1 aromatic heterocycles. The van der Waals surface area contributed by atoms with Crippen LogP contribution in [-0.4, -0.2) is 23.3 Å². The van der Waals surface area contributed by atoms with Crippen LogP contribution in [0.25, 0.3) is 11.3 Å². The van der Waals surface area contributed by atoms with Crippen molar-refractivity contribution in [2.24, 2.45) is 0 Å². The molecule has 0 amide bonds. The lowest BCUT2D eigenvalue weighted by atomic mass is 9.86. The number of fused-ring (bicyclic) bond motifs is 1. The SMILES string of the molecule is COc1ccc(-c2[nH]nc3c2C(c2ccc(OCc4cccc(F)c4)cc2)CC(=O)O3)cc1. The Morgan fingerprint density at radius 3 is 2.55 bits per heavy atom. The Hall–Kier alpha value is -4.13. The molecule has 1 N–H and O–H groups in total. The highest BCUT2D eigenvalue weighted by Crippen LogP contribution is 2.43. The Morgan fingerprint density at radius 2 is 1.82 bits per heavy atom. The average molecular weight is 444 g/mol. The number of esters is 1. The molecule has 166 valence electrons. The molecule has 1 atom stereocenters. The van der Waals surface area contributed by atoms with Crippen molar-refractivity contribution in [1.82, 2.24) is 10.2 Å². The van der Waals surface area contributed by atoms with Crippen LogP contribution >= 0.6 is 0 Å². The summed E-state index contributed by atoms with van der Waals surface area (Å²) in [5.41, 5.74) is 4.26. The summed E-state index contributed by atoms with van der Waals surface area (Å²) in [6.45, 7) is 0.264. The smallest absolute Gasteiger partial charge is 0.313 e. The maximum absolute atomic E-state index is 13.4. The Kier molecular flexibility index (Phi) is 5.52. The topological polar surface area (TPSA) is 73.4 Å². The Labute approximate surface area is 189 Å². The lowest BCUT2D eigenvalue weighted by Gasteiger charge is -2.22. The molecule has 1 aliphatic heterocycles. The highest BCUT2D eigenvalue weighted by atomic mass is 19.1. The first-order chi connectivity index (χ1) is 16.1. The van der Waals surface area contributed by atoms with Gasteiger partial charge in [-0.1, -0.05) is 24.3 Å². The summed E-state index contributed by atoms with van der Waals surface area (Å²) in [7, 11) is 1.62. The summed E-state index contributed by atoms with van der Waals surface area (Å²) >= 11 is 0. The van der Waals surface area contributed by atoms with E-state index in [9.17, 15) is 9.18 Å². The molecule has 4 aromatic rings. The van der Waals surface area contributed by atoms with E-state index >= 15 is 0 Å². The zero-order valence-electron chi connectivity index (χ0n) is 17.9. The molecule has 0 saturated carbocycles. The summed E-state index contributed by atoms with van der Waals surface area (Å²) in [4.78, 5) is 12.2. The van der Waals surface area contributed by atoms with Crippen LogP contribution in [0.4, 0.5) is 4.39 Å². The van der Waals surface area contributed by atoms with Crippen LogP contribution < -0.4 is 14.2 Å². The van der Waals surface area contributed by atoms with Gasteiger partial charge in [-0.25, -0.2) is 4.39 Å². The number of methoxy groups -OCH3 is 1. The van der Waals surface area contributed by atoms with Gasteiger partial charge in [0.05, 0.1) is 24.8 Å². The number of carbonyl (C=O) groups is 1. The minimum Gasteiger partial charge on any atom is -0.497 e. The largest absolute Gasteiger partial charge is 0.497 e. The third-order valence-corrected chi connectivity index (χ3v) is 5.65. The number of H-pyrrole nitrogens is 1. The number of hydrogen-bond donors (Lipinski definition) is 1. The molecule has 3 aromatic carbocycles. The van der Waals surface area contributed by atoms with E-state index in [-0.39, 0.29) is 30.7 Å². The van der Waals surface area contributed by atoms with E-state index in [1.54, 1.807) is 13.2 Å². The summed E-state index contributed by atoms with van der Waals surface area (Å²) < 4.78 is 29.8. The van der Waals surface area contributed by atoms with Gasteiger partial charge in [-0.05, 0) is 59.7 Å². The maximum atomic E-state index is 13.4. The van der Waals surface area contributed by atoms with Crippen molar-refractivity contribution in [3.63, 3.8) is 0 Å². The Morgan fingerprint density at radius 1 is 1.06 bits per heavy atom. The Bertz CT molecular complexity index is 1280. The molecule has 6 nitrogen and oxygen atoms in total. The zero-order valence-corrected chi connectivity index (χ0v) is 17.9. The quantitative estimate of drug-likeness (QED) is 0.412. The highest BCUT2D eigenvalue weighted by molar-refractivity contribution is 5.80. The van der Waals surface area contributed by atoms with Crippen LogP contribution in [-0.2, 0) is 11.4 Å². The molecular weight excluding hydrogens is 423 g/mol. The van der Waals surface area contributed by atoms with Gasteiger partial charge >= 0.3 is 5.97 Å². The van der Waals surface area contributed by atoms with Gasteiger partial charge in [-0.3, -0.25) is 9.89 Å². The maximum Gasteiger partial charge on any atom is 0.313 e. The normalized spacial score (nSPS) is 15.0. The standard InChI is InChI=1S/C26H21FN2O4/c1-31-20-9-7-18(8-10-20)25-24-22(14-23(30)33-26(24)29-28-25)17-5-11-21(12-6-17)32-15-16-3-2-4-19(27)13-16/h2-13,22H,14-15H2,1H3,(H,28,29). The summed E-state index contributed by atoms with van der Waals surface area (Å²) in [6.07, 6.45) is 0.208. The van der Waals surface area contributed by atoms with Crippen LogP contribution in [0, 0.1) is 5.82 Å². The number of halogens is 1. The second kappa shape index (κ2) is 8.78. The number of rotatable bonds is 6. The van der Waals surface area contributed by atoms with Gasteiger partial charge in [0.15, 0.2) is 0 Å². The number of hydrogen-bond acceptors (Lipinski definition) is 5. The third kappa shape index (κ3) is 4.30. The number of nitrogens with zero attached hydrogens (tertiary/aromatic N) is 1. The predicted molar refractivity (Wildman–Crippen MR) is 120 cm³/mol. The van der Waals surface area contributed by atoms with Gasteiger partial charge in [0.1, 0.15) is 23.9 Å². The van der Waals surface area contributed by atoms with Crippen molar-refractivity contribution in [3.8, 4) is 28.6 Å². The van der Waals surface area contributed by atoms with Gasteiger partial charge < -0.3 is 14.2 Å². The van der Waals surface area contributed by atoms with Crippen LogP contribution in [0.5, 0.6) is 17.4 Å². The zero-order chi connectivity index (χ0) is 22.8. The lowest BCUT2D eigenvalue weighted by molar-refractivity contribution is -0.135. The van der Waals surface area contributed by atoms with Crippen molar-refractivity contribution >= 4 is 5.97 Å². The van der Waals surface area contributed by atoms with E-state index in [1.165, 1.54) is 12.1 Å². The minimum absolute atomic E-state index is 0.208. The monoisotopic (exact) mass is 444 g/mol. The molecule has 33 heavy (non-hydrogen) atoms. The van der Waals surface area contributed by atoms with Crippen LogP contribution in [0.2, 0.25) is 0 Å². The van der Waals surface area contributed by atoms with Crippen LogP contribution in [0.3, 0.4) is 0 Å². The van der Waals surface area contributed by atoms with Gasteiger partial charge in [0.2, 0.25) is 5.88 Å². The number of nitrogens with one attached hydrogen (secondary N) is 1. The molecule has 0 bridgehead atoms. The second-order valence-corrected chi connectivity index (χ2v) is 7.76. The molecule has 1 aliphatic rings. The first-order valence-electron chi connectivity index (χ1n) is 10.5. The minimum atomic E-state index is -0.327. The summed E-state index contributed by atoms with van der Waals surface area (Å²) in [6, 6.07) is 21.5. The van der Waals surface area contributed by atoms with Crippen molar-refractivity contribution < 1.29 is 23.4 Å². The fourth-order valence-corrected chi connectivity index (χ4v) is 4.01. The van der Waals surface area contributed by atoms with Gasteiger partial charge in [0.25, 0.3) is 0 Å². The predicted octanol–water partition coefficient (Wildman–Crippen LogP) is 5.24. The highest BCUT2D eigenvalue weighted by Gasteiger charge is 2.33. The number of ether oxygens (including phenoxy) is 3. The molecule has 0 radical (unpaired) electrons. The van der Waals surface area contributed by atoms with Crippen molar-refractivity contribution in [2.75, 3.05) is 7.11 Å². The number of aromatic nitrogens is 2. The molecule has 7 heteroatoms. The first-order valence-corrected chi connectivity index (χ1v) is 10.5. The van der Waals surface area contributed by atoms with E-state index in [0.29, 0.717) is 11.6 Å². The van der Waals surface area contributed by atoms with E-state index in [0.717, 1.165) is 33.7 Å². The van der Waals surface area contributed by atoms with E-state index < -0.39 is 0 Å². The van der Waals surface area contributed by atoms with Crippen molar-refractivity contribution in [1.29, 1.82) is 0 Å². The molecule has 0 aliphatic carbocycles. The number of aromatic amines is 1. The van der Waals surface area contributed by atoms with Crippen molar-refractivity contribution in [3.05, 3.63) is 95.3 Å². The van der Waals surface area contributed by atoms with E-state index in [4.69, 9.17) is 14.2 Å². The van der Waals surface area contributed by atoms with Crippen LogP contribution in [0.1, 0.15) is 29.0 Å². The lowest BCUT2D eigenvalue weighted by Crippen LogP contribution is -2.20. The van der Waals surface area contributed by atoms with Gasteiger partial charge in [-0.15, -0.1) is 5.10 Å². The fourth-order valence-electron chi connectivity index (χ4n) is 4.01. The molecule has 1 unspecified atom stereocenters. The van der Waals surface area contributed by atoms with E-state index in [1.807, 2.05) is 54.6 Å². The third-order valence-electron chi connectivity index (χ3n) is 5.65. The molecule has 5 rings (SSSR count). The van der Waals surface area contributed by atoms with E-state index in [2.05, 4.69) is 10.2 Å². The fraction of sp³-hybridized carbons (Fsp3) is 0.154. The van der Waals surface area contributed by atoms with Crippen molar-refractivity contribution in [2.45, 2.75) is 18.9 Å². The second-order valence-electron chi connectivity index (χ2n) is 7.76. The molecule has 0 saturated heterocycles. The molecule has 2 heterocycles. The van der Waals surface area contributed by atoms with Gasteiger partial charge in [0, 0.05) is 11.5 Å². The summed E-state index contributed by atoms with van der Waals surface area (Å²) in [5.74, 6) is 0.877. The first kappa shape index (κ1) is 20.8. The van der Waals surface area contributed by atoms with Crippen LogP contribution in [0.15, 0.2) is 72.8 Å². The molecular formula is C26H21FN2O4.